The van der Waals surface area contributed by atoms with Gasteiger partial charge in [-0.3, -0.25) is 4.79 Å². The first-order valence-corrected chi connectivity index (χ1v) is 7.10. The van der Waals surface area contributed by atoms with Crippen molar-refractivity contribution < 1.29 is 14.3 Å². The van der Waals surface area contributed by atoms with Crippen LogP contribution >= 0.6 is 0 Å². The molecule has 2 amide bonds. The van der Waals surface area contributed by atoms with Crippen LogP contribution < -0.4 is 5.32 Å². The van der Waals surface area contributed by atoms with Crippen LogP contribution in [-0.2, 0) is 9.53 Å². The standard InChI is InChI=1S/C14H27N3O3/c1-14(2,3)20-13(19)17-8-6-7-11(10-17)15-9-12(18)16(4)5/h11,15H,6-10H2,1-5H3. The molecular formula is C14H27N3O3. The largest absolute Gasteiger partial charge is 0.444 e. The topological polar surface area (TPSA) is 61.9 Å². The van der Waals surface area contributed by atoms with E-state index < -0.39 is 5.60 Å². The van der Waals surface area contributed by atoms with Crippen LogP contribution in [0.1, 0.15) is 33.6 Å². The molecule has 0 aliphatic carbocycles. The average Bonchev–Trinajstić information content (AvgIpc) is 2.34. The molecule has 0 aromatic carbocycles. The lowest BCUT2D eigenvalue weighted by atomic mass is 10.1. The molecule has 1 fully saturated rings. The van der Waals surface area contributed by atoms with Gasteiger partial charge in [-0.25, -0.2) is 4.79 Å². The molecule has 116 valence electrons. The second kappa shape index (κ2) is 6.92. The van der Waals surface area contributed by atoms with Gasteiger partial charge in [0, 0.05) is 33.2 Å². The fraction of sp³-hybridized carbons (Fsp3) is 0.857. The lowest BCUT2D eigenvalue weighted by molar-refractivity contribution is -0.127. The molecule has 1 rings (SSSR count). The molecule has 1 heterocycles. The van der Waals surface area contributed by atoms with Crippen molar-refractivity contribution in [3.05, 3.63) is 0 Å². The molecule has 20 heavy (non-hydrogen) atoms. The van der Waals surface area contributed by atoms with Gasteiger partial charge in [0.2, 0.25) is 5.91 Å². The van der Waals surface area contributed by atoms with E-state index in [-0.39, 0.29) is 18.0 Å². The van der Waals surface area contributed by atoms with Crippen LogP contribution in [-0.4, -0.2) is 67.2 Å². The summed E-state index contributed by atoms with van der Waals surface area (Å²) in [6.45, 7) is 7.20. The number of nitrogens with one attached hydrogen (secondary N) is 1. The average molecular weight is 285 g/mol. The van der Waals surface area contributed by atoms with Crippen LogP contribution in [0.3, 0.4) is 0 Å². The third-order valence-electron chi connectivity index (χ3n) is 3.11. The maximum absolute atomic E-state index is 12.0. The van der Waals surface area contributed by atoms with E-state index in [2.05, 4.69) is 5.32 Å². The molecule has 6 nitrogen and oxygen atoms in total. The molecule has 1 aliphatic heterocycles. The molecular weight excluding hydrogens is 258 g/mol. The molecule has 0 aromatic heterocycles. The summed E-state index contributed by atoms with van der Waals surface area (Å²) >= 11 is 0. The summed E-state index contributed by atoms with van der Waals surface area (Å²) in [4.78, 5) is 26.8. The summed E-state index contributed by atoms with van der Waals surface area (Å²) in [5.41, 5.74) is -0.474. The van der Waals surface area contributed by atoms with Gasteiger partial charge in [-0.15, -0.1) is 0 Å². The lowest BCUT2D eigenvalue weighted by Crippen LogP contribution is -2.51. The number of hydrogen-bond acceptors (Lipinski definition) is 4. The second-order valence-corrected chi connectivity index (χ2v) is 6.43. The predicted molar refractivity (Wildman–Crippen MR) is 77.5 cm³/mol. The monoisotopic (exact) mass is 285 g/mol. The van der Waals surface area contributed by atoms with Crippen molar-refractivity contribution in [2.24, 2.45) is 0 Å². The number of carbonyl (C=O) groups excluding carboxylic acids is 2. The summed E-state index contributed by atoms with van der Waals surface area (Å²) in [5.74, 6) is 0.0411. The molecule has 1 unspecified atom stereocenters. The molecule has 1 aliphatic rings. The van der Waals surface area contributed by atoms with Gasteiger partial charge in [0.15, 0.2) is 0 Å². The van der Waals surface area contributed by atoms with Crippen LogP contribution in [0.4, 0.5) is 4.79 Å². The van der Waals surface area contributed by atoms with Crippen molar-refractivity contribution in [3.63, 3.8) is 0 Å². The van der Waals surface area contributed by atoms with Crippen molar-refractivity contribution in [1.29, 1.82) is 0 Å². The zero-order chi connectivity index (χ0) is 15.3. The fourth-order valence-corrected chi connectivity index (χ4v) is 2.03. The first kappa shape index (κ1) is 16.8. The van der Waals surface area contributed by atoms with E-state index in [4.69, 9.17) is 4.74 Å². The zero-order valence-corrected chi connectivity index (χ0v) is 13.2. The maximum atomic E-state index is 12.0. The highest BCUT2D eigenvalue weighted by Gasteiger charge is 2.27. The van der Waals surface area contributed by atoms with Gasteiger partial charge in [0.25, 0.3) is 0 Å². The van der Waals surface area contributed by atoms with E-state index in [1.165, 1.54) is 0 Å². The summed E-state index contributed by atoms with van der Waals surface area (Å²) in [5, 5.41) is 3.21. The van der Waals surface area contributed by atoms with Gasteiger partial charge < -0.3 is 19.9 Å². The number of nitrogens with zero attached hydrogens (tertiary/aromatic N) is 2. The predicted octanol–water partition coefficient (Wildman–Crippen LogP) is 1.06. The number of hydrogen-bond donors (Lipinski definition) is 1. The van der Waals surface area contributed by atoms with Crippen LogP contribution in [0.5, 0.6) is 0 Å². The Balaban J connectivity index is 2.42. The van der Waals surface area contributed by atoms with Crippen LogP contribution in [0.25, 0.3) is 0 Å². The fourth-order valence-electron chi connectivity index (χ4n) is 2.03. The Hall–Kier alpha value is -1.30. The summed E-state index contributed by atoms with van der Waals surface area (Å²) < 4.78 is 5.37. The van der Waals surface area contributed by atoms with Crippen molar-refractivity contribution in [2.75, 3.05) is 33.7 Å². The van der Waals surface area contributed by atoms with Crippen molar-refractivity contribution in [2.45, 2.75) is 45.3 Å². The number of likely N-dealkylation sites (tertiary alicyclic amines) is 1. The van der Waals surface area contributed by atoms with E-state index in [9.17, 15) is 9.59 Å². The van der Waals surface area contributed by atoms with Crippen LogP contribution in [0.15, 0.2) is 0 Å². The highest BCUT2D eigenvalue weighted by Crippen LogP contribution is 2.15. The Labute approximate surface area is 121 Å². The molecule has 0 bridgehead atoms. The minimum Gasteiger partial charge on any atom is -0.444 e. The number of carbonyl (C=O) groups is 2. The smallest absolute Gasteiger partial charge is 0.410 e. The van der Waals surface area contributed by atoms with Gasteiger partial charge in [-0.2, -0.15) is 0 Å². The van der Waals surface area contributed by atoms with Crippen LogP contribution in [0.2, 0.25) is 0 Å². The Morgan fingerprint density at radius 3 is 2.55 bits per heavy atom. The lowest BCUT2D eigenvalue weighted by Gasteiger charge is -2.34. The van der Waals surface area contributed by atoms with E-state index in [0.29, 0.717) is 19.6 Å². The zero-order valence-electron chi connectivity index (χ0n) is 13.2. The first-order chi connectivity index (χ1) is 9.19. The van der Waals surface area contributed by atoms with Gasteiger partial charge >= 0.3 is 6.09 Å². The van der Waals surface area contributed by atoms with Crippen LogP contribution in [0, 0.1) is 0 Å². The third kappa shape index (κ3) is 5.77. The molecule has 1 N–H and O–H groups in total. The molecule has 0 saturated carbocycles. The highest BCUT2D eigenvalue weighted by atomic mass is 16.6. The SMILES string of the molecule is CN(C)C(=O)CNC1CCCN(C(=O)OC(C)(C)C)C1. The quantitative estimate of drug-likeness (QED) is 0.842. The normalized spacial score (nSPS) is 19.6. The minimum atomic E-state index is -0.474. The van der Waals surface area contributed by atoms with Gasteiger partial charge in [0.1, 0.15) is 5.60 Å². The van der Waals surface area contributed by atoms with Gasteiger partial charge in [-0.05, 0) is 33.6 Å². The Kier molecular flexibility index (Phi) is 5.80. The first-order valence-electron chi connectivity index (χ1n) is 7.10. The Morgan fingerprint density at radius 1 is 1.35 bits per heavy atom. The van der Waals surface area contributed by atoms with E-state index in [0.717, 1.165) is 12.8 Å². The van der Waals surface area contributed by atoms with E-state index in [1.54, 1.807) is 23.9 Å². The molecule has 0 radical (unpaired) electrons. The molecule has 1 atom stereocenters. The number of likely N-dealkylation sites (N-methyl/N-ethyl adjacent to an activating group) is 1. The molecule has 0 spiro atoms. The Bertz CT molecular complexity index is 350. The van der Waals surface area contributed by atoms with E-state index in [1.807, 2.05) is 20.8 Å². The van der Waals surface area contributed by atoms with Gasteiger partial charge in [0.05, 0.1) is 6.54 Å². The Morgan fingerprint density at radius 2 is 2.00 bits per heavy atom. The maximum Gasteiger partial charge on any atom is 0.410 e. The summed E-state index contributed by atoms with van der Waals surface area (Å²) in [6, 6.07) is 0.153. The van der Waals surface area contributed by atoms with E-state index >= 15 is 0 Å². The summed E-state index contributed by atoms with van der Waals surface area (Å²) in [6.07, 6.45) is 1.62. The van der Waals surface area contributed by atoms with Crippen molar-refractivity contribution in [3.8, 4) is 0 Å². The van der Waals surface area contributed by atoms with Gasteiger partial charge in [-0.1, -0.05) is 0 Å². The number of ether oxygens (including phenoxy) is 1. The number of amides is 2. The molecule has 1 saturated heterocycles. The van der Waals surface area contributed by atoms with Crippen molar-refractivity contribution >= 4 is 12.0 Å². The molecule has 6 heteroatoms. The van der Waals surface area contributed by atoms with Crippen molar-refractivity contribution in [1.82, 2.24) is 15.1 Å². The second-order valence-electron chi connectivity index (χ2n) is 6.43. The summed E-state index contributed by atoms with van der Waals surface area (Å²) in [7, 11) is 3.47. The number of piperidine rings is 1. The third-order valence-corrected chi connectivity index (χ3v) is 3.11. The number of rotatable bonds is 3. The highest BCUT2D eigenvalue weighted by molar-refractivity contribution is 5.77. The minimum absolute atomic E-state index is 0.0411. The molecule has 0 aromatic rings.